The van der Waals surface area contributed by atoms with Gasteiger partial charge >= 0.3 is 5.97 Å². The van der Waals surface area contributed by atoms with E-state index >= 15 is 0 Å². The van der Waals surface area contributed by atoms with Gasteiger partial charge in [0.15, 0.2) is 6.61 Å². The van der Waals surface area contributed by atoms with E-state index in [2.05, 4.69) is 4.98 Å². The Bertz CT molecular complexity index is 820. The van der Waals surface area contributed by atoms with Crippen LogP contribution in [0.2, 0.25) is 5.02 Å². The molecule has 0 unspecified atom stereocenters. The molecule has 0 atom stereocenters. The molecule has 0 bridgehead atoms. The molecule has 0 saturated heterocycles. The number of para-hydroxylation sites is 1. The fraction of sp³-hybridized carbons (Fsp3) is 0.111. The highest BCUT2D eigenvalue weighted by molar-refractivity contribution is 7.13. The lowest BCUT2D eigenvalue weighted by Gasteiger charge is -2.07. The summed E-state index contributed by atoms with van der Waals surface area (Å²) in [5.74, 6) is -0.0136. The largest absolute Gasteiger partial charge is 0.480 e. The molecule has 0 aliphatic rings. The lowest BCUT2D eigenvalue weighted by Crippen LogP contribution is -2.15. The zero-order valence-corrected chi connectivity index (χ0v) is 14.2. The summed E-state index contributed by atoms with van der Waals surface area (Å²) in [4.78, 5) is 16.2. The van der Waals surface area contributed by atoms with E-state index in [0.717, 1.165) is 10.6 Å². The summed E-state index contributed by atoms with van der Waals surface area (Å²) < 4.78 is 10.5. The predicted molar refractivity (Wildman–Crippen MR) is 94.3 cm³/mol. The lowest BCUT2D eigenvalue weighted by atomic mass is 10.2. The summed E-state index contributed by atoms with van der Waals surface area (Å²) in [5, 5.41) is 3.23. The number of halogens is 1. The number of rotatable bonds is 6. The van der Waals surface area contributed by atoms with Crippen LogP contribution in [0.4, 0.5) is 0 Å². The Kier molecular flexibility index (Phi) is 5.46. The highest BCUT2D eigenvalue weighted by atomic mass is 35.5. The van der Waals surface area contributed by atoms with Gasteiger partial charge in [-0.05, 0) is 12.1 Å². The Morgan fingerprint density at radius 1 is 1.08 bits per heavy atom. The number of nitrogens with zero attached hydrogens (tertiary/aromatic N) is 1. The van der Waals surface area contributed by atoms with E-state index in [9.17, 15) is 4.79 Å². The predicted octanol–water partition coefficient (Wildman–Crippen LogP) is 4.59. The Morgan fingerprint density at radius 2 is 1.83 bits per heavy atom. The van der Waals surface area contributed by atoms with Crippen LogP contribution in [0.5, 0.6) is 5.75 Å². The molecular formula is C18H14ClNO3S. The van der Waals surface area contributed by atoms with Crippen molar-refractivity contribution in [3.05, 3.63) is 70.7 Å². The average Bonchev–Trinajstić information content (AvgIpc) is 3.09. The molecule has 1 aromatic heterocycles. The molecule has 0 fully saturated rings. The molecule has 3 rings (SSSR count). The van der Waals surface area contributed by atoms with Crippen LogP contribution in [0.1, 0.15) is 5.69 Å². The minimum Gasteiger partial charge on any atom is -0.480 e. The molecule has 0 amide bonds. The first kappa shape index (κ1) is 16.5. The molecular weight excluding hydrogens is 346 g/mol. The second kappa shape index (κ2) is 7.95. The molecule has 0 saturated carbocycles. The van der Waals surface area contributed by atoms with Crippen LogP contribution < -0.4 is 4.74 Å². The summed E-state index contributed by atoms with van der Waals surface area (Å²) >= 11 is 7.47. The highest BCUT2D eigenvalue weighted by Gasteiger charge is 2.09. The van der Waals surface area contributed by atoms with E-state index < -0.39 is 5.97 Å². The number of esters is 1. The first-order valence-corrected chi connectivity index (χ1v) is 8.51. The Balaban J connectivity index is 1.50. The maximum atomic E-state index is 11.8. The van der Waals surface area contributed by atoms with Gasteiger partial charge in [0, 0.05) is 10.9 Å². The van der Waals surface area contributed by atoms with Crippen molar-refractivity contribution in [3.8, 4) is 16.3 Å². The minimum atomic E-state index is -0.468. The Hall–Kier alpha value is -2.37. The Labute approximate surface area is 148 Å². The van der Waals surface area contributed by atoms with Crippen LogP contribution >= 0.6 is 22.9 Å². The van der Waals surface area contributed by atoms with Crippen molar-refractivity contribution >= 4 is 28.9 Å². The third-order valence-corrected chi connectivity index (χ3v) is 4.39. The Morgan fingerprint density at radius 3 is 2.62 bits per heavy atom. The maximum Gasteiger partial charge on any atom is 0.344 e. The molecule has 122 valence electrons. The quantitative estimate of drug-likeness (QED) is 0.604. The number of carbonyl (C=O) groups excluding carboxylic acids is 1. The lowest BCUT2D eigenvalue weighted by molar-refractivity contribution is -0.147. The van der Waals surface area contributed by atoms with Gasteiger partial charge < -0.3 is 9.47 Å². The van der Waals surface area contributed by atoms with Gasteiger partial charge in [0.1, 0.15) is 17.4 Å². The summed E-state index contributed by atoms with van der Waals surface area (Å²) in [6.45, 7) is -0.0759. The smallest absolute Gasteiger partial charge is 0.344 e. The number of ether oxygens (including phenoxy) is 2. The standard InChI is InChI=1S/C18H14ClNO3S/c19-15-8-4-5-9-16(15)22-11-17(21)23-10-14-12-24-18(20-14)13-6-2-1-3-7-13/h1-9,12H,10-11H2. The van der Waals surface area contributed by atoms with Crippen molar-refractivity contribution in [2.45, 2.75) is 6.61 Å². The SMILES string of the molecule is O=C(COc1ccccc1Cl)OCc1csc(-c2ccccc2)n1. The van der Waals surface area contributed by atoms with E-state index in [0.29, 0.717) is 16.5 Å². The topological polar surface area (TPSA) is 48.4 Å². The van der Waals surface area contributed by atoms with Crippen molar-refractivity contribution in [1.82, 2.24) is 4.98 Å². The molecule has 6 heteroatoms. The zero-order valence-electron chi connectivity index (χ0n) is 12.6. The van der Waals surface area contributed by atoms with E-state index in [1.54, 1.807) is 24.3 Å². The number of hydrogen-bond acceptors (Lipinski definition) is 5. The normalized spacial score (nSPS) is 10.4. The molecule has 0 spiro atoms. The zero-order chi connectivity index (χ0) is 16.8. The van der Waals surface area contributed by atoms with Gasteiger partial charge in [-0.25, -0.2) is 9.78 Å². The van der Waals surface area contributed by atoms with Crippen LogP contribution in [0, 0.1) is 0 Å². The van der Waals surface area contributed by atoms with Crippen molar-refractivity contribution in [2.75, 3.05) is 6.61 Å². The van der Waals surface area contributed by atoms with Crippen LogP contribution in [0.25, 0.3) is 10.6 Å². The van der Waals surface area contributed by atoms with E-state index in [4.69, 9.17) is 21.1 Å². The summed E-state index contributed by atoms with van der Waals surface area (Å²) in [5.41, 5.74) is 1.76. The van der Waals surface area contributed by atoms with E-state index in [-0.39, 0.29) is 13.2 Å². The van der Waals surface area contributed by atoms with Crippen molar-refractivity contribution in [2.24, 2.45) is 0 Å². The first-order valence-electron chi connectivity index (χ1n) is 7.25. The van der Waals surface area contributed by atoms with Gasteiger partial charge in [-0.15, -0.1) is 11.3 Å². The molecule has 0 aliphatic heterocycles. The summed E-state index contributed by atoms with van der Waals surface area (Å²) in [6.07, 6.45) is 0. The van der Waals surface area contributed by atoms with Crippen LogP contribution in [0.15, 0.2) is 60.0 Å². The monoisotopic (exact) mass is 359 g/mol. The molecule has 0 aliphatic carbocycles. The molecule has 4 nitrogen and oxygen atoms in total. The maximum absolute atomic E-state index is 11.8. The van der Waals surface area contributed by atoms with Gasteiger partial charge in [0.05, 0.1) is 10.7 Å². The van der Waals surface area contributed by atoms with E-state index in [1.807, 2.05) is 35.7 Å². The molecule has 3 aromatic rings. The fourth-order valence-electron chi connectivity index (χ4n) is 1.98. The average molecular weight is 360 g/mol. The third kappa shape index (κ3) is 4.34. The van der Waals surface area contributed by atoms with Crippen LogP contribution in [-0.2, 0) is 16.1 Å². The van der Waals surface area contributed by atoms with Crippen LogP contribution in [0.3, 0.4) is 0 Å². The van der Waals surface area contributed by atoms with Gasteiger partial charge in [0.2, 0.25) is 0 Å². The van der Waals surface area contributed by atoms with E-state index in [1.165, 1.54) is 11.3 Å². The number of benzene rings is 2. The highest BCUT2D eigenvalue weighted by Crippen LogP contribution is 2.24. The minimum absolute atomic E-state index is 0.119. The molecule has 2 aromatic carbocycles. The second-order valence-electron chi connectivity index (χ2n) is 4.89. The molecule has 0 radical (unpaired) electrons. The number of thiazole rings is 1. The second-order valence-corrected chi connectivity index (χ2v) is 6.16. The van der Waals surface area contributed by atoms with Gasteiger partial charge in [-0.2, -0.15) is 0 Å². The number of carbonyl (C=O) groups is 1. The summed E-state index contributed by atoms with van der Waals surface area (Å²) in [6, 6.07) is 16.8. The fourth-order valence-corrected chi connectivity index (χ4v) is 2.98. The van der Waals surface area contributed by atoms with Crippen molar-refractivity contribution in [1.29, 1.82) is 0 Å². The molecule has 1 heterocycles. The van der Waals surface area contributed by atoms with Crippen LogP contribution in [-0.4, -0.2) is 17.6 Å². The number of aromatic nitrogens is 1. The first-order chi connectivity index (χ1) is 11.7. The molecule has 24 heavy (non-hydrogen) atoms. The van der Waals surface area contributed by atoms with Gasteiger partial charge in [-0.3, -0.25) is 0 Å². The van der Waals surface area contributed by atoms with Gasteiger partial charge in [0.25, 0.3) is 0 Å². The summed E-state index contributed by atoms with van der Waals surface area (Å²) in [7, 11) is 0. The van der Waals surface area contributed by atoms with Gasteiger partial charge in [-0.1, -0.05) is 54.1 Å². The van der Waals surface area contributed by atoms with Crippen molar-refractivity contribution in [3.63, 3.8) is 0 Å². The third-order valence-electron chi connectivity index (χ3n) is 3.14. The molecule has 0 N–H and O–H groups in total. The number of hydrogen-bond donors (Lipinski definition) is 0. The van der Waals surface area contributed by atoms with Crippen molar-refractivity contribution < 1.29 is 14.3 Å².